The summed E-state index contributed by atoms with van der Waals surface area (Å²) < 4.78 is 7.13. The first-order valence-electron chi connectivity index (χ1n) is 19.2. The lowest BCUT2D eigenvalue weighted by atomic mass is 9.65. The summed E-state index contributed by atoms with van der Waals surface area (Å²) in [5.41, 5.74) is 16.4. The number of hydrogen-bond acceptors (Lipinski definition) is 1. The highest BCUT2D eigenvalue weighted by Gasteiger charge is 2.52. The van der Waals surface area contributed by atoms with Gasteiger partial charge in [0, 0.05) is 16.7 Å². The van der Waals surface area contributed by atoms with Gasteiger partial charge in [-0.1, -0.05) is 182 Å². The van der Waals surface area contributed by atoms with E-state index in [9.17, 15) is 0 Å². The molecule has 0 bridgehead atoms. The Morgan fingerprint density at radius 2 is 0.800 bits per heavy atom. The molecule has 12 rings (SSSR count). The Hall–Kier alpha value is -6.96. The van der Waals surface area contributed by atoms with E-state index in [4.69, 9.17) is 4.74 Å². The van der Waals surface area contributed by atoms with E-state index in [1.165, 1.54) is 77.5 Å². The third-order valence-electron chi connectivity index (χ3n) is 12.6. The zero-order chi connectivity index (χ0) is 36.1. The molecule has 9 aromatic rings. The predicted octanol–water partition coefficient (Wildman–Crippen LogP) is 13.3. The van der Waals surface area contributed by atoms with Crippen LogP contribution in [0, 0.1) is 0 Å². The summed E-state index contributed by atoms with van der Waals surface area (Å²) in [5.74, 6) is 1.82. The van der Waals surface area contributed by atoms with Crippen LogP contribution in [0.3, 0.4) is 0 Å². The molecule has 55 heavy (non-hydrogen) atoms. The molecule has 0 radical (unpaired) electrons. The summed E-state index contributed by atoms with van der Waals surface area (Å²) in [7, 11) is 0. The van der Waals surface area contributed by atoms with Crippen molar-refractivity contribution in [2.24, 2.45) is 0 Å². The molecule has 3 aliphatic rings. The first-order chi connectivity index (χ1) is 27.3. The second kappa shape index (κ2) is 11.3. The molecule has 1 heteroatoms. The Bertz CT molecular complexity index is 2930. The minimum atomic E-state index is -0.528. The SMILES string of the molecule is c1ccc(C2(c3ccccc3)c3cc(-c4cccc5c4Oc4ccccc4C54c5ccccc5-c5ccccc54)ccc3-c3cc4ccccc4cc32)cc1. The molecule has 0 unspecified atom stereocenters. The van der Waals surface area contributed by atoms with Gasteiger partial charge in [-0.15, -0.1) is 0 Å². The van der Waals surface area contributed by atoms with Gasteiger partial charge in [0.25, 0.3) is 0 Å². The Labute approximate surface area is 320 Å². The monoisotopic (exact) mass is 698 g/mol. The van der Waals surface area contributed by atoms with Gasteiger partial charge in [-0.25, -0.2) is 0 Å². The quantitative estimate of drug-likeness (QED) is 0.178. The molecule has 2 aliphatic carbocycles. The number of ether oxygens (including phenoxy) is 1. The van der Waals surface area contributed by atoms with Gasteiger partial charge >= 0.3 is 0 Å². The van der Waals surface area contributed by atoms with E-state index in [-0.39, 0.29) is 0 Å². The number of fused-ring (bicyclic) bond motifs is 13. The molecule has 0 atom stereocenters. The first kappa shape index (κ1) is 30.5. The zero-order valence-corrected chi connectivity index (χ0v) is 30.0. The van der Waals surface area contributed by atoms with Crippen LogP contribution in [0.15, 0.2) is 206 Å². The molecule has 0 fully saturated rings. The van der Waals surface area contributed by atoms with E-state index in [0.29, 0.717) is 0 Å². The largest absolute Gasteiger partial charge is 0.456 e. The predicted molar refractivity (Wildman–Crippen MR) is 224 cm³/mol. The van der Waals surface area contributed by atoms with Crippen molar-refractivity contribution in [1.29, 1.82) is 0 Å². The molecule has 1 spiro atoms. The second-order valence-corrected chi connectivity index (χ2v) is 15.1. The third kappa shape index (κ3) is 3.92. The van der Waals surface area contributed by atoms with Crippen LogP contribution in [0.5, 0.6) is 11.5 Å². The average Bonchev–Trinajstić information content (AvgIpc) is 3.71. The van der Waals surface area contributed by atoms with E-state index in [1.54, 1.807) is 0 Å². The zero-order valence-electron chi connectivity index (χ0n) is 30.0. The van der Waals surface area contributed by atoms with Crippen LogP contribution in [0.2, 0.25) is 0 Å². The summed E-state index contributed by atoms with van der Waals surface area (Å²) in [6.07, 6.45) is 0. The van der Waals surface area contributed by atoms with Crippen molar-refractivity contribution in [1.82, 2.24) is 0 Å². The van der Waals surface area contributed by atoms with Crippen molar-refractivity contribution in [3.05, 3.63) is 251 Å². The molecule has 256 valence electrons. The Morgan fingerprint density at radius 1 is 0.291 bits per heavy atom. The fourth-order valence-corrected chi connectivity index (χ4v) is 10.4. The molecule has 1 nitrogen and oxygen atoms in total. The van der Waals surface area contributed by atoms with Gasteiger partial charge in [0.2, 0.25) is 0 Å². The van der Waals surface area contributed by atoms with Gasteiger partial charge in [-0.2, -0.15) is 0 Å². The van der Waals surface area contributed by atoms with Gasteiger partial charge in [0.05, 0.1) is 10.8 Å². The van der Waals surface area contributed by atoms with E-state index >= 15 is 0 Å². The van der Waals surface area contributed by atoms with Crippen LogP contribution in [-0.2, 0) is 10.8 Å². The van der Waals surface area contributed by atoms with Crippen molar-refractivity contribution in [3.8, 4) is 44.9 Å². The van der Waals surface area contributed by atoms with Gasteiger partial charge in [-0.3, -0.25) is 0 Å². The van der Waals surface area contributed by atoms with Crippen LogP contribution >= 0.6 is 0 Å². The van der Waals surface area contributed by atoms with Crippen molar-refractivity contribution >= 4 is 10.8 Å². The second-order valence-electron chi connectivity index (χ2n) is 15.1. The van der Waals surface area contributed by atoms with Crippen LogP contribution < -0.4 is 4.74 Å². The van der Waals surface area contributed by atoms with Gasteiger partial charge in [-0.05, 0) is 96.2 Å². The highest BCUT2D eigenvalue weighted by atomic mass is 16.5. The highest BCUT2D eigenvalue weighted by molar-refractivity contribution is 5.97. The van der Waals surface area contributed by atoms with Crippen molar-refractivity contribution < 1.29 is 4.74 Å². The lowest BCUT2D eigenvalue weighted by Gasteiger charge is -2.40. The summed E-state index contributed by atoms with van der Waals surface area (Å²) >= 11 is 0. The molecule has 1 aliphatic heterocycles. The van der Waals surface area contributed by atoms with E-state index in [2.05, 4.69) is 206 Å². The number of hydrogen-bond donors (Lipinski definition) is 0. The molecular formula is C54H34O. The van der Waals surface area contributed by atoms with Crippen LogP contribution in [0.4, 0.5) is 0 Å². The van der Waals surface area contributed by atoms with E-state index in [1.807, 2.05) is 0 Å². The van der Waals surface area contributed by atoms with Crippen molar-refractivity contribution in [2.45, 2.75) is 10.8 Å². The fraction of sp³-hybridized carbons (Fsp3) is 0.0370. The van der Waals surface area contributed by atoms with Gasteiger partial charge < -0.3 is 4.74 Å². The molecular weight excluding hydrogens is 665 g/mol. The standard InChI is InChI=1S/C54H34O/c1-3-18-38(19-4-1)53(39-20-5-2-6-21-39)49-34-37(30-31-43(49)44-32-35-16-7-8-17-36(35)33-50(44)53)40-24-15-28-48-52(40)55-51-29-14-13-27-47(51)54(48)45-25-11-9-22-41(45)42-23-10-12-26-46(42)54/h1-34H. The first-order valence-corrected chi connectivity index (χ1v) is 19.2. The minimum absolute atomic E-state index is 0.516. The van der Waals surface area contributed by atoms with Crippen molar-refractivity contribution in [2.75, 3.05) is 0 Å². The van der Waals surface area contributed by atoms with Gasteiger partial charge in [0.1, 0.15) is 11.5 Å². The maximum Gasteiger partial charge on any atom is 0.140 e. The Morgan fingerprint density at radius 3 is 1.49 bits per heavy atom. The van der Waals surface area contributed by atoms with Crippen LogP contribution in [0.1, 0.15) is 44.5 Å². The molecule has 0 N–H and O–H groups in total. The van der Waals surface area contributed by atoms with E-state index < -0.39 is 10.8 Å². The molecule has 0 saturated carbocycles. The van der Waals surface area contributed by atoms with Crippen LogP contribution in [0.25, 0.3) is 44.2 Å². The summed E-state index contributed by atoms with van der Waals surface area (Å²) in [5, 5.41) is 2.50. The number of para-hydroxylation sites is 2. The smallest absolute Gasteiger partial charge is 0.140 e. The van der Waals surface area contributed by atoms with Crippen molar-refractivity contribution in [3.63, 3.8) is 0 Å². The summed E-state index contributed by atoms with van der Waals surface area (Å²) in [6, 6.07) is 76.2. The highest BCUT2D eigenvalue weighted by Crippen LogP contribution is 2.64. The lowest BCUT2D eigenvalue weighted by Crippen LogP contribution is -2.32. The Kier molecular flexibility index (Phi) is 6.25. The summed E-state index contributed by atoms with van der Waals surface area (Å²) in [4.78, 5) is 0. The van der Waals surface area contributed by atoms with E-state index in [0.717, 1.165) is 22.6 Å². The average molecular weight is 699 g/mol. The van der Waals surface area contributed by atoms with Gasteiger partial charge in [0.15, 0.2) is 0 Å². The number of benzene rings is 9. The molecule has 0 amide bonds. The minimum Gasteiger partial charge on any atom is -0.456 e. The Balaban J connectivity index is 1.16. The molecule has 9 aromatic carbocycles. The topological polar surface area (TPSA) is 9.23 Å². The third-order valence-corrected chi connectivity index (χ3v) is 12.6. The molecule has 0 aromatic heterocycles. The molecule has 1 heterocycles. The van der Waals surface area contributed by atoms with Crippen LogP contribution in [-0.4, -0.2) is 0 Å². The fourth-order valence-electron chi connectivity index (χ4n) is 10.4. The lowest BCUT2D eigenvalue weighted by molar-refractivity contribution is 0.438. The maximum absolute atomic E-state index is 7.13. The maximum atomic E-state index is 7.13. The normalized spacial score (nSPS) is 14.6. The summed E-state index contributed by atoms with van der Waals surface area (Å²) in [6.45, 7) is 0. The molecule has 0 saturated heterocycles. The number of rotatable bonds is 3.